The topological polar surface area (TPSA) is 79.4 Å². The average molecular weight is 504 g/mol. The Kier molecular flexibility index (Phi) is 6.66. The van der Waals surface area contributed by atoms with Gasteiger partial charge in [0, 0.05) is 36.4 Å². The van der Waals surface area contributed by atoms with Gasteiger partial charge in [-0.25, -0.2) is 13.4 Å². The van der Waals surface area contributed by atoms with Crippen molar-refractivity contribution in [1.29, 1.82) is 0 Å². The summed E-state index contributed by atoms with van der Waals surface area (Å²) < 4.78 is 26.3. The molecule has 0 fully saturated rings. The van der Waals surface area contributed by atoms with Gasteiger partial charge in [-0.15, -0.1) is 0 Å². The first-order valence-electron chi connectivity index (χ1n) is 10.4. The minimum atomic E-state index is -3.99. The van der Waals surface area contributed by atoms with E-state index in [-0.39, 0.29) is 31.9 Å². The smallest absolute Gasteiger partial charge is 0.255 e. The molecule has 1 aliphatic carbocycles. The molecule has 1 atom stereocenters. The number of aryl methyl sites for hydroxylation is 1. The molecule has 0 spiro atoms. The van der Waals surface area contributed by atoms with Crippen LogP contribution in [-0.2, 0) is 16.3 Å². The summed E-state index contributed by atoms with van der Waals surface area (Å²) in [7, 11) is -0.499. The molecule has 0 saturated heterocycles. The Balaban J connectivity index is 1.68. The predicted molar refractivity (Wildman–Crippen MR) is 130 cm³/mol. The minimum Gasteiger partial charge on any atom is -0.377 e. The van der Waals surface area contributed by atoms with Gasteiger partial charge in [0.2, 0.25) is 9.84 Å². The van der Waals surface area contributed by atoms with Crippen LogP contribution in [0.4, 0.5) is 5.69 Å². The second-order valence-electron chi connectivity index (χ2n) is 8.16. The molecular formula is C24H23Cl2N3O3S. The standard InChI is InChI=1S/C24H23Cl2N3O3S/c1-29(2)22-13-23(33(31,32)18-11-16(25)10-17(26)12-18)27-14-20(22)24(30)28-21-9-5-7-15-6-3-4-8-19(15)21/h3-4,6,8,10-14,21H,5,7,9H2,1-2H3,(H,28,30)/t21-/m0/s1. The van der Waals surface area contributed by atoms with E-state index in [4.69, 9.17) is 23.2 Å². The van der Waals surface area contributed by atoms with E-state index < -0.39 is 9.84 Å². The number of rotatable bonds is 5. The van der Waals surface area contributed by atoms with Crippen molar-refractivity contribution in [2.24, 2.45) is 0 Å². The van der Waals surface area contributed by atoms with E-state index in [0.717, 1.165) is 24.8 Å². The van der Waals surface area contributed by atoms with Gasteiger partial charge >= 0.3 is 0 Å². The van der Waals surface area contributed by atoms with Crippen molar-refractivity contribution in [3.63, 3.8) is 0 Å². The van der Waals surface area contributed by atoms with Crippen LogP contribution in [-0.4, -0.2) is 33.4 Å². The zero-order chi connectivity index (χ0) is 23.8. The van der Waals surface area contributed by atoms with Crippen molar-refractivity contribution in [1.82, 2.24) is 10.3 Å². The van der Waals surface area contributed by atoms with Gasteiger partial charge < -0.3 is 10.2 Å². The molecule has 0 aliphatic heterocycles. The van der Waals surface area contributed by atoms with Gasteiger partial charge in [-0.3, -0.25) is 4.79 Å². The lowest BCUT2D eigenvalue weighted by Crippen LogP contribution is -2.32. The Morgan fingerprint density at radius 1 is 1.09 bits per heavy atom. The summed E-state index contributed by atoms with van der Waals surface area (Å²) in [4.78, 5) is 19.0. The minimum absolute atomic E-state index is 0.0618. The largest absolute Gasteiger partial charge is 0.377 e. The molecule has 1 aliphatic rings. The van der Waals surface area contributed by atoms with Crippen LogP contribution >= 0.6 is 23.2 Å². The summed E-state index contributed by atoms with van der Waals surface area (Å²) in [5.74, 6) is -0.303. The molecule has 0 bridgehead atoms. The van der Waals surface area contributed by atoms with Crippen LogP contribution in [0.3, 0.4) is 0 Å². The maximum atomic E-state index is 13.2. The number of amides is 1. The van der Waals surface area contributed by atoms with Crippen LogP contribution in [0, 0.1) is 0 Å². The Bertz CT molecular complexity index is 1310. The first kappa shape index (κ1) is 23.5. The highest BCUT2D eigenvalue weighted by Crippen LogP contribution is 2.32. The van der Waals surface area contributed by atoms with Gasteiger partial charge in [0.05, 0.1) is 22.2 Å². The number of benzene rings is 2. The van der Waals surface area contributed by atoms with Gasteiger partial charge in [-0.1, -0.05) is 47.5 Å². The monoisotopic (exact) mass is 503 g/mol. The van der Waals surface area contributed by atoms with Gasteiger partial charge in [0.1, 0.15) is 0 Å². The molecule has 172 valence electrons. The Hall–Kier alpha value is -2.61. The van der Waals surface area contributed by atoms with Crippen LogP contribution in [0.5, 0.6) is 0 Å². The number of carbonyl (C=O) groups is 1. The van der Waals surface area contributed by atoms with Gasteiger partial charge in [0.25, 0.3) is 5.91 Å². The fraction of sp³-hybridized carbons (Fsp3) is 0.250. The van der Waals surface area contributed by atoms with E-state index in [1.165, 1.54) is 36.0 Å². The molecule has 6 nitrogen and oxygen atoms in total. The third kappa shape index (κ3) is 4.86. The third-order valence-corrected chi connectivity index (χ3v) is 7.75. The Morgan fingerprint density at radius 3 is 2.48 bits per heavy atom. The molecule has 1 amide bonds. The van der Waals surface area contributed by atoms with Crippen LogP contribution in [0.1, 0.15) is 40.4 Å². The van der Waals surface area contributed by atoms with Gasteiger partial charge in [-0.2, -0.15) is 0 Å². The highest BCUT2D eigenvalue weighted by atomic mass is 35.5. The predicted octanol–water partition coefficient (Wildman–Crippen LogP) is 5.09. The van der Waals surface area contributed by atoms with Gasteiger partial charge in [-0.05, 0) is 48.6 Å². The first-order chi connectivity index (χ1) is 15.7. The maximum absolute atomic E-state index is 13.2. The maximum Gasteiger partial charge on any atom is 0.255 e. The summed E-state index contributed by atoms with van der Waals surface area (Å²) in [6.07, 6.45) is 4.13. The van der Waals surface area contributed by atoms with E-state index in [0.29, 0.717) is 11.3 Å². The number of fused-ring (bicyclic) bond motifs is 1. The van der Waals surface area contributed by atoms with Crippen molar-refractivity contribution < 1.29 is 13.2 Å². The van der Waals surface area contributed by atoms with E-state index >= 15 is 0 Å². The number of aromatic nitrogens is 1. The van der Waals surface area contributed by atoms with E-state index in [1.807, 2.05) is 18.2 Å². The number of anilines is 1. The molecule has 2 aromatic carbocycles. The number of pyridine rings is 1. The number of sulfone groups is 1. The van der Waals surface area contributed by atoms with E-state index in [2.05, 4.69) is 16.4 Å². The zero-order valence-corrected chi connectivity index (χ0v) is 20.5. The average Bonchev–Trinajstić information content (AvgIpc) is 2.78. The number of halogens is 2. The zero-order valence-electron chi connectivity index (χ0n) is 18.2. The molecular weight excluding hydrogens is 481 g/mol. The number of hydrogen-bond acceptors (Lipinski definition) is 5. The van der Waals surface area contributed by atoms with Crippen molar-refractivity contribution in [2.45, 2.75) is 35.2 Å². The normalized spacial score (nSPS) is 15.6. The molecule has 0 unspecified atom stereocenters. The summed E-state index contributed by atoms with van der Waals surface area (Å²) in [6, 6.07) is 13.5. The summed E-state index contributed by atoms with van der Waals surface area (Å²) in [5.41, 5.74) is 3.10. The number of nitrogens with zero attached hydrogens (tertiary/aromatic N) is 2. The van der Waals surface area contributed by atoms with E-state index in [1.54, 1.807) is 19.0 Å². The molecule has 0 saturated carbocycles. The number of carbonyl (C=O) groups excluding carboxylic acids is 1. The van der Waals surface area contributed by atoms with Crippen molar-refractivity contribution in [3.05, 3.63) is 81.5 Å². The van der Waals surface area contributed by atoms with Crippen molar-refractivity contribution in [3.8, 4) is 0 Å². The van der Waals surface area contributed by atoms with E-state index in [9.17, 15) is 13.2 Å². The van der Waals surface area contributed by atoms with Crippen LogP contribution in [0.2, 0.25) is 10.0 Å². The fourth-order valence-corrected chi connectivity index (χ4v) is 5.98. The van der Waals surface area contributed by atoms with Gasteiger partial charge in [0.15, 0.2) is 5.03 Å². The molecule has 3 aromatic rings. The summed E-state index contributed by atoms with van der Waals surface area (Å²) in [6.45, 7) is 0. The molecule has 0 radical (unpaired) electrons. The quantitative estimate of drug-likeness (QED) is 0.524. The number of hydrogen-bond donors (Lipinski definition) is 1. The molecule has 1 aromatic heterocycles. The fourth-order valence-electron chi connectivity index (χ4n) is 4.06. The highest BCUT2D eigenvalue weighted by Gasteiger charge is 2.26. The first-order valence-corrected chi connectivity index (χ1v) is 12.7. The lowest BCUT2D eigenvalue weighted by atomic mass is 9.87. The van der Waals surface area contributed by atoms with Crippen LogP contribution < -0.4 is 10.2 Å². The number of nitrogens with one attached hydrogen (secondary N) is 1. The van der Waals surface area contributed by atoms with Crippen LogP contribution in [0.25, 0.3) is 0 Å². The lowest BCUT2D eigenvalue weighted by molar-refractivity contribution is 0.0933. The molecule has 4 rings (SSSR count). The molecule has 1 heterocycles. The molecule has 9 heteroatoms. The second-order valence-corrected chi connectivity index (χ2v) is 10.9. The van der Waals surface area contributed by atoms with Crippen LogP contribution in [0.15, 0.2) is 64.6 Å². The summed E-state index contributed by atoms with van der Waals surface area (Å²) >= 11 is 12.0. The Labute approximate surface area is 203 Å². The molecule has 1 N–H and O–H groups in total. The van der Waals surface area contributed by atoms with Crippen molar-refractivity contribution >= 4 is 44.6 Å². The van der Waals surface area contributed by atoms with Crippen molar-refractivity contribution in [2.75, 3.05) is 19.0 Å². The Morgan fingerprint density at radius 2 is 1.79 bits per heavy atom. The SMILES string of the molecule is CN(C)c1cc(S(=O)(=O)c2cc(Cl)cc(Cl)c2)ncc1C(=O)N[C@H]1CCCc2ccccc21. The molecule has 33 heavy (non-hydrogen) atoms. The third-order valence-electron chi connectivity index (χ3n) is 5.68. The highest BCUT2D eigenvalue weighted by molar-refractivity contribution is 7.91. The second kappa shape index (κ2) is 9.33. The summed E-state index contributed by atoms with van der Waals surface area (Å²) in [5, 5.41) is 3.32. The lowest BCUT2D eigenvalue weighted by Gasteiger charge is -2.27.